The molecule has 32 heavy (non-hydrogen) atoms. The first-order chi connectivity index (χ1) is 15.1. The van der Waals surface area contributed by atoms with Crippen LogP contribution in [0.15, 0.2) is 47.3 Å². The second kappa shape index (κ2) is 7.70. The molecular weight excluding hydrogens is 442 g/mol. The molecule has 2 heterocycles. The lowest BCUT2D eigenvalue weighted by Gasteiger charge is -2.16. The highest BCUT2D eigenvalue weighted by molar-refractivity contribution is 5.90. The van der Waals surface area contributed by atoms with E-state index in [1.54, 1.807) is 30.3 Å². The van der Waals surface area contributed by atoms with Crippen molar-refractivity contribution >= 4 is 5.65 Å². The molecule has 0 saturated heterocycles. The lowest BCUT2D eigenvalue weighted by molar-refractivity contribution is -0.190. The molecule has 1 N–H and O–H groups in total. The predicted octanol–water partition coefficient (Wildman–Crippen LogP) is 4.50. The zero-order valence-electron chi connectivity index (χ0n) is 16.0. The van der Waals surface area contributed by atoms with Crippen LogP contribution in [0.1, 0.15) is 6.92 Å². The van der Waals surface area contributed by atoms with Gasteiger partial charge < -0.3 is 4.74 Å². The summed E-state index contributed by atoms with van der Waals surface area (Å²) in [4.78, 5) is 18.4. The van der Waals surface area contributed by atoms with E-state index in [0.29, 0.717) is 29.1 Å². The molecule has 2 aromatic carbocycles. The quantitative estimate of drug-likeness (QED) is 0.364. The number of hydrogen-bond donors (Lipinski definition) is 1. The van der Waals surface area contributed by atoms with Gasteiger partial charge in [-0.25, -0.2) is 18.0 Å². The maximum atomic E-state index is 13.9. The molecule has 0 aliphatic carbocycles. The number of aromatic nitrogens is 4. The number of nitrogens with one attached hydrogen (secondary N) is 1. The molecule has 166 valence electrons. The Hall–Kier alpha value is -3.83. The van der Waals surface area contributed by atoms with Gasteiger partial charge in [0.2, 0.25) is 0 Å². The largest absolute Gasteiger partial charge is 0.452 e. The van der Waals surface area contributed by atoms with Gasteiger partial charge in [-0.15, -0.1) is 0 Å². The summed E-state index contributed by atoms with van der Waals surface area (Å²) >= 11 is 0. The Bertz CT molecular complexity index is 1340. The number of hydrogen-bond acceptors (Lipinski definition) is 4. The van der Waals surface area contributed by atoms with Crippen molar-refractivity contribution in [2.24, 2.45) is 0 Å². The number of halogens is 6. The molecule has 0 aliphatic rings. The van der Waals surface area contributed by atoms with Crippen LogP contribution >= 0.6 is 0 Å². The number of H-pyrrole nitrogens is 1. The predicted molar refractivity (Wildman–Crippen MR) is 100 cm³/mol. The standard InChI is InChI=1S/C20H12F6N4O2/c1-9(20(24,25)26)32-18-27-17-14(11-7-12(21)15(23)13(22)8-11)16(10-5-3-2-4-6-10)29-30(17)19(31)28-18/h2-9H,1H3,(H,27,28,31). The van der Waals surface area contributed by atoms with Crippen LogP contribution in [0.5, 0.6) is 6.01 Å². The average molecular weight is 454 g/mol. The molecule has 0 spiro atoms. The number of alkyl halides is 3. The first kappa shape index (κ1) is 21.4. The van der Waals surface area contributed by atoms with Crippen molar-refractivity contribution in [3.63, 3.8) is 0 Å². The number of nitrogens with zero attached hydrogens (tertiary/aromatic N) is 3. The summed E-state index contributed by atoms with van der Waals surface area (Å²) in [6.45, 7) is 0.710. The summed E-state index contributed by atoms with van der Waals surface area (Å²) in [5.41, 5.74) is -1.25. The van der Waals surface area contributed by atoms with E-state index in [4.69, 9.17) is 4.74 Å². The highest BCUT2D eigenvalue weighted by Crippen LogP contribution is 2.35. The number of ether oxygens (including phenoxy) is 1. The van der Waals surface area contributed by atoms with E-state index in [9.17, 15) is 31.1 Å². The SMILES string of the molecule is CC(Oc1nc2c(-c3cc(F)c(F)c(F)c3)c(-c3ccccc3)nn2c(=O)[nH]1)C(F)(F)F. The summed E-state index contributed by atoms with van der Waals surface area (Å²) in [6, 6.07) is 8.67. The summed E-state index contributed by atoms with van der Waals surface area (Å²) < 4.78 is 85.4. The lowest BCUT2D eigenvalue weighted by Crippen LogP contribution is -2.33. The van der Waals surface area contributed by atoms with Crippen molar-refractivity contribution in [3.8, 4) is 28.4 Å². The van der Waals surface area contributed by atoms with Gasteiger partial charge in [0.1, 0.15) is 5.69 Å². The first-order valence-corrected chi connectivity index (χ1v) is 9.03. The smallest absolute Gasteiger partial charge is 0.425 e. The molecule has 12 heteroatoms. The van der Waals surface area contributed by atoms with Crippen molar-refractivity contribution in [1.29, 1.82) is 0 Å². The molecule has 2 aromatic heterocycles. The third kappa shape index (κ3) is 3.79. The Morgan fingerprint density at radius 3 is 2.25 bits per heavy atom. The minimum absolute atomic E-state index is 0.0371. The van der Waals surface area contributed by atoms with Crippen molar-refractivity contribution < 1.29 is 31.1 Å². The Morgan fingerprint density at radius 1 is 1.03 bits per heavy atom. The Balaban J connectivity index is 2.01. The average Bonchev–Trinajstić information content (AvgIpc) is 3.11. The summed E-state index contributed by atoms with van der Waals surface area (Å²) in [7, 11) is 0. The van der Waals surface area contributed by atoms with Gasteiger partial charge >= 0.3 is 11.9 Å². The van der Waals surface area contributed by atoms with Gasteiger partial charge in [0.25, 0.3) is 6.01 Å². The molecular formula is C20H12F6N4O2. The number of aromatic amines is 1. The highest BCUT2D eigenvalue weighted by atomic mass is 19.4. The van der Waals surface area contributed by atoms with Crippen molar-refractivity contribution in [3.05, 3.63) is 70.4 Å². The first-order valence-electron chi connectivity index (χ1n) is 9.03. The van der Waals surface area contributed by atoms with E-state index in [0.717, 1.165) is 0 Å². The molecule has 0 aliphatic heterocycles. The van der Waals surface area contributed by atoms with Crippen LogP contribution in [0.25, 0.3) is 28.0 Å². The Labute approximate surface area is 175 Å². The minimum atomic E-state index is -4.74. The van der Waals surface area contributed by atoms with Crippen LogP contribution in [-0.4, -0.2) is 31.9 Å². The van der Waals surface area contributed by atoms with Crippen molar-refractivity contribution in [2.75, 3.05) is 0 Å². The van der Waals surface area contributed by atoms with Gasteiger partial charge in [-0.05, 0) is 24.6 Å². The third-order valence-electron chi connectivity index (χ3n) is 4.54. The van der Waals surface area contributed by atoms with Gasteiger partial charge in [0, 0.05) is 5.56 Å². The van der Waals surface area contributed by atoms with Crippen LogP contribution in [0.2, 0.25) is 0 Å². The van der Waals surface area contributed by atoms with E-state index in [2.05, 4.69) is 10.1 Å². The van der Waals surface area contributed by atoms with Gasteiger partial charge in [-0.2, -0.15) is 27.8 Å². The van der Waals surface area contributed by atoms with Crippen molar-refractivity contribution in [2.45, 2.75) is 19.2 Å². The van der Waals surface area contributed by atoms with Crippen molar-refractivity contribution in [1.82, 2.24) is 19.6 Å². The number of fused-ring (bicyclic) bond motifs is 1. The zero-order chi connectivity index (χ0) is 23.2. The van der Waals surface area contributed by atoms with Gasteiger partial charge in [0.15, 0.2) is 29.2 Å². The molecule has 1 atom stereocenters. The normalized spacial score (nSPS) is 12.8. The van der Waals surface area contributed by atoms with Crippen LogP contribution in [0.3, 0.4) is 0 Å². The molecule has 0 amide bonds. The van der Waals surface area contributed by atoms with Crippen LogP contribution in [0, 0.1) is 17.5 Å². The summed E-state index contributed by atoms with van der Waals surface area (Å²) in [5.74, 6) is -4.73. The fourth-order valence-electron chi connectivity index (χ4n) is 2.98. The molecule has 0 radical (unpaired) electrons. The Morgan fingerprint density at radius 2 is 1.66 bits per heavy atom. The summed E-state index contributed by atoms with van der Waals surface area (Å²) in [5, 5.41) is 4.10. The van der Waals surface area contributed by atoms with Gasteiger partial charge in [0.05, 0.1) is 5.56 Å². The van der Waals surface area contributed by atoms with E-state index < -0.39 is 41.4 Å². The van der Waals surface area contributed by atoms with E-state index >= 15 is 0 Å². The monoisotopic (exact) mass is 454 g/mol. The summed E-state index contributed by atoms with van der Waals surface area (Å²) in [6.07, 6.45) is -7.06. The maximum absolute atomic E-state index is 13.9. The zero-order valence-corrected chi connectivity index (χ0v) is 16.0. The second-order valence-electron chi connectivity index (χ2n) is 6.73. The fourth-order valence-corrected chi connectivity index (χ4v) is 2.98. The topological polar surface area (TPSA) is 72.3 Å². The molecule has 6 nitrogen and oxygen atoms in total. The fraction of sp³-hybridized carbons (Fsp3) is 0.150. The number of rotatable bonds is 4. The molecule has 4 aromatic rings. The van der Waals surface area contributed by atoms with Gasteiger partial charge in [-0.3, -0.25) is 4.98 Å². The lowest BCUT2D eigenvalue weighted by atomic mass is 10.0. The third-order valence-corrected chi connectivity index (χ3v) is 4.54. The maximum Gasteiger partial charge on any atom is 0.425 e. The highest BCUT2D eigenvalue weighted by Gasteiger charge is 2.38. The number of benzene rings is 2. The molecule has 0 fully saturated rings. The van der Waals surface area contributed by atoms with Gasteiger partial charge in [-0.1, -0.05) is 30.3 Å². The Kier molecular flexibility index (Phi) is 5.15. The molecule has 0 bridgehead atoms. The second-order valence-corrected chi connectivity index (χ2v) is 6.73. The molecule has 4 rings (SSSR count). The minimum Gasteiger partial charge on any atom is -0.452 e. The van der Waals surface area contributed by atoms with E-state index in [1.165, 1.54) is 0 Å². The molecule has 0 saturated carbocycles. The van der Waals surface area contributed by atoms with E-state index in [1.807, 2.05) is 4.98 Å². The van der Waals surface area contributed by atoms with E-state index in [-0.39, 0.29) is 22.5 Å². The molecule has 1 unspecified atom stereocenters. The van der Waals surface area contributed by atoms with Crippen LogP contribution in [0.4, 0.5) is 26.3 Å². The van der Waals surface area contributed by atoms with Crippen LogP contribution < -0.4 is 10.4 Å². The van der Waals surface area contributed by atoms with Crippen LogP contribution in [-0.2, 0) is 0 Å².